The van der Waals surface area contributed by atoms with Crippen molar-refractivity contribution >= 4 is 57.3 Å². The smallest absolute Gasteiger partial charge is 0.171 e. The third-order valence-corrected chi connectivity index (χ3v) is 17.1. The molecule has 7 aromatic carbocycles. The first-order chi connectivity index (χ1) is 28.4. The van der Waals surface area contributed by atoms with Crippen LogP contribution in [0.2, 0.25) is 0 Å². The van der Waals surface area contributed by atoms with Crippen LogP contribution in [0.3, 0.4) is 0 Å². The lowest BCUT2D eigenvalue weighted by molar-refractivity contribution is 0.591. The fourth-order valence-corrected chi connectivity index (χ4v) is 13.7. The standard InChI is InChI=1S/C50H28N4O2P2/c51-29-33(30-52)49-45-25-39(57(55,35-13-5-1-6-14-35)36-15-7-2-8-16-36)21-23-41(45)43-27-44-42-24-22-40(26-46(42)50(34(31-53)32-54)48(44)28-47(43)49)58(56,37-17-9-3-10-18-37)38-19-11-4-12-20-38/h1-28H. The van der Waals surface area contributed by atoms with Crippen molar-refractivity contribution in [3.8, 4) is 46.5 Å². The first-order valence-electron chi connectivity index (χ1n) is 18.4. The van der Waals surface area contributed by atoms with E-state index < -0.39 is 14.3 Å². The lowest BCUT2D eigenvalue weighted by atomic mass is 9.93. The molecule has 0 saturated carbocycles. The maximum Gasteiger partial charge on any atom is 0.171 e. The molecule has 0 spiro atoms. The number of hydrogen-bond acceptors (Lipinski definition) is 6. The van der Waals surface area contributed by atoms with E-state index >= 15 is 9.13 Å². The third-order valence-electron chi connectivity index (χ3n) is 11.0. The molecule has 0 amide bonds. The molecular formula is C50H28N4O2P2. The number of benzene rings is 7. The van der Waals surface area contributed by atoms with Crippen LogP contribution in [0.4, 0.5) is 0 Å². The van der Waals surface area contributed by atoms with Gasteiger partial charge in [0.15, 0.2) is 14.3 Å². The molecule has 2 aliphatic rings. The van der Waals surface area contributed by atoms with Crippen molar-refractivity contribution in [3.05, 3.63) is 203 Å². The Bertz CT molecular complexity index is 2870. The van der Waals surface area contributed by atoms with Crippen LogP contribution >= 0.6 is 14.3 Å². The zero-order valence-electron chi connectivity index (χ0n) is 30.7. The van der Waals surface area contributed by atoms with Crippen molar-refractivity contribution in [2.75, 3.05) is 0 Å². The average molecular weight is 779 g/mol. The first-order valence-corrected chi connectivity index (χ1v) is 21.8. The predicted octanol–water partition coefficient (Wildman–Crippen LogP) is 8.62. The Kier molecular flexibility index (Phi) is 8.83. The Hall–Kier alpha value is -7.56. The van der Waals surface area contributed by atoms with Crippen LogP contribution in [0.25, 0.3) is 33.4 Å². The molecule has 58 heavy (non-hydrogen) atoms. The van der Waals surface area contributed by atoms with Gasteiger partial charge in [0.1, 0.15) is 35.4 Å². The van der Waals surface area contributed by atoms with Crippen LogP contribution in [-0.4, -0.2) is 0 Å². The maximum absolute atomic E-state index is 15.4. The summed E-state index contributed by atoms with van der Waals surface area (Å²) in [6.45, 7) is 0. The largest absolute Gasteiger partial charge is 0.309 e. The molecule has 0 unspecified atom stereocenters. The molecule has 0 aliphatic heterocycles. The second-order valence-corrected chi connectivity index (χ2v) is 19.4. The highest BCUT2D eigenvalue weighted by Gasteiger charge is 2.38. The second kappa shape index (κ2) is 14.2. The van der Waals surface area contributed by atoms with E-state index in [9.17, 15) is 21.0 Å². The highest BCUT2D eigenvalue weighted by molar-refractivity contribution is 7.85. The van der Waals surface area contributed by atoms with Crippen LogP contribution in [0, 0.1) is 45.3 Å². The topological polar surface area (TPSA) is 129 Å². The number of fused-ring (bicyclic) bond motifs is 6. The van der Waals surface area contributed by atoms with Gasteiger partial charge in [0.25, 0.3) is 0 Å². The van der Waals surface area contributed by atoms with Crippen molar-refractivity contribution < 1.29 is 9.13 Å². The van der Waals surface area contributed by atoms with Gasteiger partial charge >= 0.3 is 0 Å². The number of hydrogen-bond donors (Lipinski definition) is 0. The van der Waals surface area contributed by atoms with E-state index in [1.807, 2.05) is 170 Å². The van der Waals surface area contributed by atoms with Gasteiger partial charge in [-0.1, -0.05) is 146 Å². The Morgan fingerprint density at radius 2 is 0.586 bits per heavy atom. The van der Waals surface area contributed by atoms with Crippen molar-refractivity contribution in [1.82, 2.24) is 0 Å². The second-order valence-electron chi connectivity index (χ2n) is 13.9. The number of rotatable bonds is 6. The molecule has 8 heteroatoms. The molecular weight excluding hydrogens is 751 g/mol. The normalized spacial score (nSPS) is 12.1. The molecule has 0 saturated heterocycles. The van der Waals surface area contributed by atoms with Crippen LogP contribution in [-0.2, 0) is 9.13 Å². The van der Waals surface area contributed by atoms with Crippen molar-refractivity contribution in [3.63, 3.8) is 0 Å². The van der Waals surface area contributed by atoms with Gasteiger partial charge in [-0.05, 0) is 68.8 Å². The molecule has 2 aliphatic carbocycles. The predicted molar refractivity (Wildman–Crippen MR) is 231 cm³/mol. The zero-order valence-corrected chi connectivity index (χ0v) is 32.5. The van der Waals surface area contributed by atoms with E-state index in [1.165, 1.54) is 0 Å². The van der Waals surface area contributed by atoms with Gasteiger partial charge in [-0.25, -0.2) is 0 Å². The third kappa shape index (κ3) is 5.37. The Balaban J connectivity index is 1.28. The molecule has 0 N–H and O–H groups in total. The zero-order chi connectivity index (χ0) is 40.0. The Morgan fingerprint density at radius 3 is 0.879 bits per heavy atom. The minimum Gasteiger partial charge on any atom is -0.309 e. The quantitative estimate of drug-likeness (QED) is 0.123. The van der Waals surface area contributed by atoms with E-state index in [1.54, 1.807) is 0 Å². The molecule has 6 nitrogen and oxygen atoms in total. The van der Waals surface area contributed by atoms with Gasteiger partial charge in [-0.2, -0.15) is 21.0 Å². The highest BCUT2D eigenvalue weighted by atomic mass is 31.2. The molecule has 9 rings (SSSR count). The summed E-state index contributed by atoms with van der Waals surface area (Å²) in [6, 6.07) is 60.6. The summed E-state index contributed by atoms with van der Waals surface area (Å²) in [4.78, 5) is 0. The van der Waals surface area contributed by atoms with E-state index in [0.29, 0.717) is 65.2 Å². The summed E-state index contributed by atoms with van der Waals surface area (Å²) in [6.07, 6.45) is 0. The molecule has 7 aromatic rings. The van der Waals surface area contributed by atoms with Crippen molar-refractivity contribution in [2.24, 2.45) is 0 Å². The molecule has 270 valence electrons. The van der Waals surface area contributed by atoms with Crippen LogP contribution < -0.4 is 31.8 Å². The lowest BCUT2D eigenvalue weighted by Gasteiger charge is -2.21. The number of nitriles is 4. The fourth-order valence-electron chi connectivity index (χ4n) is 8.35. The minimum absolute atomic E-state index is 0.123. The average Bonchev–Trinajstić information content (AvgIpc) is 3.78. The van der Waals surface area contributed by atoms with Gasteiger partial charge in [-0.15, -0.1) is 0 Å². The Morgan fingerprint density at radius 1 is 0.310 bits per heavy atom. The SMILES string of the molecule is N#CC(C#N)=C1c2cc(P(=O)(c3ccccc3)c3ccccc3)ccc2-c2cc3c(cc21)C(=C(C#N)C#N)c1cc(P(=O)(c2ccccc2)c2ccccc2)ccc1-3. The van der Waals surface area contributed by atoms with Crippen LogP contribution in [0.5, 0.6) is 0 Å². The molecule has 0 fully saturated rings. The Labute approximate surface area is 335 Å². The number of nitrogens with zero attached hydrogens (tertiary/aromatic N) is 4. The maximum atomic E-state index is 15.4. The summed E-state index contributed by atoms with van der Waals surface area (Å²) in [5, 5.41) is 45.1. The summed E-state index contributed by atoms with van der Waals surface area (Å²) in [7, 11) is -6.84. The summed E-state index contributed by atoms with van der Waals surface area (Å²) in [5.74, 6) is 0. The van der Waals surface area contributed by atoms with Gasteiger partial charge in [0.2, 0.25) is 0 Å². The van der Waals surface area contributed by atoms with E-state index in [0.717, 1.165) is 22.3 Å². The van der Waals surface area contributed by atoms with Crippen molar-refractivity contribution in [2.45, 2.75) is 0 Å². The van der Waals surface area contributed by atoms with E-state index in [-0.39, 0.29) is 11.1 Å². The van der Waals surface area contributed by atoms with E-state index in [2.05, 4.69) is 24.3 Å². The van der Waals surface area contributed by atoms with Crippen LogP contribution in [0.15, 0.2) is 181 Å². The fraction of sp³-hybridized carbons (Fsp3) is 0. The lowest BCUT2D eigenvalue weighted by Crippen LogP contribution is -2.25. The van der Waals surface area contributed by atoms with Gasteiger partial charge in [-0.3, -0.25) is 0 Å². The minimum atomic E-state index is -3.42. The first kappa shape index (κ1) is 36.1. The summed E-state index contributed by atoms with van der Waals surface area (Å²) >= 11 is 0. The molecule has 0 bridgehead atoms. The van der Waals surface area contributed by atoms with Gasteiger partial charge in [0.05, 0.1) is 0 Å². The molecule has 0 radical (unpaired) electrons. The van der Waals surface area contributed by atoms with Crippen LogP contribution in [0.1, 0.15) is 22.3 Å². The molecule has 0 heterocycles. The van der Waals surface area contributed by atoms with Gasteiger partial charge in [0, 0.05) is 43.0 Å². The van der Waals surface area contributed by atoms with Gasteiger partial charge < -0.3 is 9.13 Å². The molecule has 0 aromatic heterocycles. The number of allylic oxidation sites excluding steroid dienone is 2. The highest BCUT2D eigenvalue weighted by Crippen LogP contribution is 2.55. The monoisotopic (exact) mass is 778 g/mol. The molecule has 0 atom stereocenters. The summed E-state index contributed by atoms with van der Waals surface area (Å²) in [5.41, 5.74) is 5.87. The van der Waals surface area contributed by atoms with E-state index in [4.69, 9.17) is 0 Å². The summed E-state index contributed by atoms with van der Waals surface area (Å²) < 4.78 is 30.9. The van der Waals surface area contributed by atoms with Crippen molar-refractivity contribution in [1.29, 1.82) is 21.0 Å².